The summed E-state index contributed by atoms with van der Waals surface area (Å²) in [5, 5.41) is 3.23. The second kappa shape index (κ2) is 7.80. The minimum Gasteiger partial charge on any atom is -0.486 e. The fourth-order valence-corrected chi connectivity index (χ4v) is 2.02. The summed E-state index contributed by atoms with van der Waals surface area (Å²) < 4.78 is 33.0. The molecule has 2 nitrogen and oxygen atoms in total. The molecule has 108 valence electrons. The molecule has 0 aliphatic heterocycles. The van der Waals surface area contributed by atoms with E-state index >= 15 is 0 Å². The van der Waals surface area contributed by atoms with Crippen molar-refractivity contribution in [3.8, 4) is 5.75 Å². The predicted molar refractivity (Wildman–Crippen MR) is 76.5 cm³/mol. The molecule has 0 aliphatic carbocycles. The molecule has 1 N–H and O–H groups in total. The van der Waals surface area contributed by atoms with Crippen molar-refractivity contribution in [1.29, 1.82) is 0 Å². The van der Waals surface area contributed by atoms with E-state index in [4.69, 9.17) is 4.74 Å². The fourth-order valence-electron chi connectivity index (χ4n) is 1.62. The molecule has 0 saturated carbocycles. The van der Waals surface area contributed by atoms with Gasteiger partial charge >= 0.3 is 0 Å². The number of rotatable bonds is 7. The first kappa shape index (κ1) is 16.4. The molecule has 1 unspecified atom stereocenters. The van der Waals surface area contributed by atoms with Crippen LogP contribution in [0.3, 0.4) is 0 Å². The number of nitrogens with one attached hydrogen (secondary N) is 1. The van der Waals surface area contributed by atoms with Gasteiger partial charge in [0.25, 0.3) is 0 Å². The maximum atomic E-state index is 13.7. The Hall–Kier alpha value is -0.680. The summed E-state index contributed by atoms with van der Waals surface area (Å²) in [6.45, 7) is 7.54. The van der Waals surface area contributed by atoms with Crippen LogP contribution in [0, 0.1) is 17.6 Å². The Balaban J connectivity index is 2.78. The van der Waals surface area contributed by atoms with Crippen LogP contribution >= 0.6 is 15.9 Å². The molecule has 1 atom stereocenters. The van der Waals surface area contributed by atoms with Crippen LogP contribution in [0.15, 0.2) is 16.6 Å². The van der Waals surface area contributed by atoms with Gasteiger partial charge in [-0.05, 0) is 31.0 Å². The quantitative estimate of drug-likeness (QED) is 0.597. The average molecular weight is 336 g/mol. The Labute approximate surface area is 121 Å². The van der Waals surface area contributed by atoms with Gasteiger partial charge in [0.1, 0.15) is 6.10 Å². The van der Waals surface area contributed by atoms with Crippen LogP contribution in [0.2, 0.25) is 0 Å². The number of benzene rings is 1. The lowest BCUT2D eigenvalue weighted by Crippen LogP contribution is -2.36. The molecule has 1 aromatic carbocycles. The van der Waals surface area contributed by atoms with Crippen LogP contribution in [0.25, 0.3) is 0 Å². The third-order valence-corrected chi connectivity index (χ3v) is 3.21. The summed E-state index contributed by atoms with van der Waals surface area (Å²) in [5.74, 6) is -1.70. The van der Waals surface area contributed by atoms with E-state index in [9.17, 15) is 8.78 Å². The van der Waals surface area contributed by atoms with Crippen LogP contribution in [0.5, 0.6) is 5.75 Å². The van der Waals surface area contributed by atoms with Crippen LogP contribution in [0.1, 0.15) is 27.2 Å². The topological polar surface area (TPSA) is 21.3 Å². The first-order chi connectivity index (χ1) is 8.95. The summed E-state index contributed by atoms with van der Waals surface area (Å²) in [7, 11) is 0. The Morgan fingerprint density at radius 1 is 1.32 bits per heavy atom. The minimum absolute atomic E-state index is 0.0520. The fraction of sp³-hybridized carbons (Fsp3) is 0.571. The van der Waals surface area contributed by atoms with E-state index in [2.05, 4.69) is 28.2 Å². The summed E-state index contributed by atoms with van der Waals surface area (Å²) in [5.41, 5.74) is 0. The van der Waals surface area contributed by atoms with Gasteiger partial charge in [-0.1, -0.05) is 36.7 Å². The zero-order valence-electron chi connectivity index (χ0n) is 11.5. The molecule has 0 aliphatic rings. The van der Waals surface area contributed by atoms with Gasteiger partial charge < -0.3 is 10.1 Å². The smallest absolute Gasteiger partial charge is 0.200 e. The van der Waals surface area contributed by atoms with E-state index in [1.165, 1.54) is 6.07 Å². The molecular formula is C14H20BrF2NO. The molecule has 19 heavy (non-hydrogen) atoms. The highest BCUT2D eigenvalue weighted by atomic mass is 79.9. The Kier molecular flexibility index (Phi) is 6.72. The van der Waals surface area contributed by atoms with Crippen molar-refractivity contribution in [3.63, 3.8) is 0 Å². The Morgan fingerprint density at radius 3 is 2.58 bits per heavy atom. The molecule has 0 spiro atoms. The van der Waals surface area contributed by atoms with Crippen molar-refractivity contribution in [2.75, 3.05) is 13.1 Å². The summed E-state index contributed by atoms with van der Waals surface area (Å²) in [4.78, 5) is 0. The van der Waals surface area contributed by atoms with Crippen LogP contribution < -0.4 is 10.1 Å². The van der Waals surface area contributed by atoms with Gasteiger partial charge in [0.15, 0.2) is 11.6 Å². The third-order valence-electron chi connectivity index (χ3n) is 2.75. The monoisotopic (exact) mass is 335 g/mol. The molecule has 1 rings (SSSR count). The van der Waals surface area contributed by atoms with Crippen molar-refractivity contribution < 1.29 is 13.5 Å². The molecule has 0 fully saturated rings. The maximum absolute atomic E-state index is 13.7. The standard InChI is InChI=1S/C14H20BrF2NO/c1-4-5-18-8-13(9(2)3)19-12-7-10(15)6-11(16)14(12)17/h6-7,9,13,18H,4-5,8H2,1-3H3. The molecule has 0 aromatic heterocycles. The highest BCUT2D eigenvalue weighted by Crippen LogP contribution is 2.27. The molecular weight excluding hydrogens is 316 g/mol. The first-order valence-corrected chi connectivity index (χ1v) is 7.26. The zero-order chi connectivity index (χ0) is 14.4. The average Bonchev–Trinajstić information content (AvgIpc) is 2.33. The van der Waals surface area contributed by atoms with E-state index in [-0.39, 0.29) is 17.8 Å². The van der Waals surface area contributed by atoms with Crippen molar-refractivity contribution in [2.45, 2.75) is 33.3 Å². The van der Waals surface area contributed by atoms with Crippen LogP contribution in [-0.2, 0) is 0 Å². The summed E-state index contributed by atoms with van der Waals surface area (Å²) >= 11 is 3.14. The van der Waals surface area contributed by atoms with E-state index in [0.717, 1.165) is 19.0 Å². The molecule has 0 saturated heterocycles. The van der Waals surface area contributed by atoms with Crippen molar-refractivity contribution >= 4 is 15.9 Å². The van der Waals surface area contributed by atoms with Gasteiger partial charge in [-0.2, -0.15) is 4.39 Å². The number of ether oxygens (including phenoxy) is 1. The predicted octanol–water partition coefficient (Wildman–Crippen LogP) is 4.13. The lowest BCUT2D eigenvalue weighted by atomic mass is 10.1. The number of hydrogen-bond donors (Lipinski definition) is 1. The third kappa shape index (κ3) is 5.07. The van der Waals surface area contributed by atoms with Crippen molar-refractivity contribution in [2.24, 2.45) is 5.92 Å². The highest BCUT2D eigenvalue weighted by molar-refractivity contribution is 9.10. The Morgan fingerprint density at radius 2 is 2.00 bits per heavy atom. The molecule has 0 heterocycles. The maximum Gasteiger partial charge on any atom is 0.200 e. The van der Waals surface area contributed by atoms with E-state index in [1.54, 1.807) is 0 Å². The second-order valence-electron chi connectivity index (χ2n) is 4.80. The largest absolute Gasteiger partial charge is 0.486 e. The molecule has 1 aromatic rings. The molecule has 0 amide bonds. The summed E-state index contributed by atoms with van der Waals surface area (Å²) in [6.07, 6.45) is 0.819. The first-order valence-electron chi connectivity index (χ1n) is 6.47. The van der Waals surface area contributed by atoms with Crippen molar-refractivity contribution in [3.05, 3.63) is 28.2 Å². The molecule has 5 heteroatoms. The Bertz CT molecular complexity index is 413. The van der Waals surface area contributed by atoms with Crippen LogP contribution in [0.4, 0.5) is 8.78 Å². The van der Waals surface area contributed by atoms with Gasteiger partial charge in [0.2, 0.25) is 5.82 Å². The molecule has 0 radical (unpaired) electrons. The summed E-state index contributed by atoms with van der Waals surface area (Å²) in [6, 6.07) is 2.54. The second-order valence-corrected chi connectivity index (χ2v) is 5.72. The normalized spacial score (nSPS) is 12.8. The van der Waals surface area contributed by atoms with Gasteiger partial charge in [0, 0.05) is 11.0 Å². The highest BCUT2D eigenvalue weighted by Gasteiger charge is 2.19. The van der Waals surface area contributed by atoms with Gasteiger partial charge in [-0.15, -0.1) is 0 Å². The SMILES string of the molecule is CCCNCC(Oc1cc(Br)cc(F)c1F)C(C)C. The van der Waals surface area contributed by atoms with Gasteiger partial charge in [-0.25, -0.2) is 4.39 Å². The molecule has 0 bridgehead atoms. The minimum atomic E-state index is -0.940. The lowest BCUT2D eigenvalue weighted by molar-refractivity contribution is 0.141. The van der Waals surface area contributed by atoms with Crippen molar-refractivity contribution in [1.82, 2.24) is 5.32 Å². The van der Waals surface area contributed by atoms with Crippen LogP contribution in [-0.4, -0.2) is 19.2 Å². The lowest BCUT2D eigenvalue weighted by Gasteiger charge is -2.23. The zero-order valence-corrected chi connectivity index (χ0v) is 13.1. The van der Waals surface area contributed by atoms with E-state index < -0.39 is 11.6 Å². The number of halogens is 3. The van der Waals surface area contributed by atoms with Gasteiger partial charge in [0.05, 0.1) is 0 Å². The van der Waals surface area contributed by atoms with E-state index in [1.807, 2.05) is 13.8 Å². The van der Waals surface area contributed by atoms with Gasteiger partial charge in [-0.3, -0.25) is 0 Å². The number of hydrogen-bond acceptors (Lipinski definition) is 2. The van der Waals surface area contributed by atoms with E-state index in [0.29, 0.717) is 11.0 Å².